The lowest BCUT2D eigenvalue weighted by Crippen LogP contribution is -2.13. The number of fused-ring (bicyclic) bond motifs is 6. The third-order valence-electron chi connectivity index (χ3n) is 8.93. The molecule has 0 amide bonds. The fourth-order valence-corrected chi connectivity index (χ4v) is 7.09. The summed E-state index contributed by atoms with van der Waals surface area (Å²) in [6.07, 6.45) is 9.93. The van der Waals surface area contributed by atoms with Gasteiger partial charge in [0.05, 0.1) is 27.8 Å². The number of allylic oxidation sites excluding steroid dienone is 4. The van der Waals surface area contributed by atoms with Gasteiger partial charge in [-0.1, -0.05) is 54.1 Å². The van der Waals surface area contributed by atoms with Crippen molar-refractivity contribution in [1.29, 1.82) is 0 Å². The monoisotopic (exact) mass is 520 g/mol. The van der Waals surface area contributed by atoms with Crippen molar-refractivity contribution in [2.45, 2.75) is 39.0 Å². The van der Waals surface area contributed by atoms with E-state index >= 15 is 0 Å². The molecule has 1 atom stereocenters. The zero-order chi connectivity index (χ0) is 26.8. The average molecular weight is 521 g/mol. The molecule has 196 valence electrons. The van der Waals surface area contributed by atoms with Gasteiger partial charge in [0.1, 0.15) is 0 Å². The van der Waals surface area contributed by atoms with Crippen molar-refractivity contribution in [1.82, 2.24) is 14.1 Å². The summed E-state index contributed by atoms with van der Waals surface area (Å²) >= 11 is 0. The molecular weight excluding hydrogens is 488 g/mol. The minimum atomic E-state index is 0.376. The molecule has 0 fully saturated rings. The highest BCUT2D eigenvalue weighted by Crippen LogP contribution is 2.41. The first-order chi connectivity index (χ1) is 19.7. The number of hydrogen-bond acceptors (Lipinski definition) is 2. The minimum absolute atomic E-state index is 0.376. The van der Waals surface area contributed by atoms with Crippen molar-refractivity contribution in [3.8, 4) is 5.69 Å². The fourth-order valence-electron chi connectivity index (χ4n) is 7.09. The van der Waals surface area contributed by atoms with Crippen molar-refractivity contribution in [3.63, 3.8) is 0 Å². The van der Waals surface area contributed by atoms with Crippen molar-refractivity contribution in [2.75, 3.05) is 11.9 Å². The third kappa shape index (κ3) is 3.42. The quantitative estimate of drug-likeness (QED) is 0.253. The van der Waals surface area contributed by atoms with Crippen LogP contribution < -0.4 is 5.32 Å². The minimum Gasteiger partial charge on any atom is -0.383 e. The molecule has 40 heavy (non-hydrogen) atoms. The third-order valence-corrected chi connectivity index (χ3v) is 8.93. The normalized spacial score (nSPS) is 17.1. The number of aryl methyl sites for hydroxylation is 1. The standard InChI is InChI=1S/C36H32N4/c1-23-21-25(39-31-11-5-3-9-29(31)35-33(39)13-7-19-37-35)15-17-27(23)28-18-16-26(22-24(28)2)40-32-12-6-4-10-30(32)36-34(40)14-8-20-38-36/h3-7,9-13,15-16,18-19,21-22,27,38H,8,14,17,20H2,1-2H3. The topological polar surface area (TPSA) is 34.8 Å². The number of rotatable bonds is 3. The van der Waals surface area contributed by atoms with Crippen LogP contribution in [0.1, 0.15) is 42.5 Å². The highest BCUT2D eigenvalue weighted by atomic mass is 15.0. The first-order valence-corrected chi connectivity index (χ1v) is 14.4. The van der Waals surface area contributed by atoms with Gasteiger partial charge < -0.3 is 14.5 Å². The summed E-state index contributed by atoms with van der Waals surface area (Å²) in [7, 11) is 0. The van der Waals surface area contributed by atoms with Crippen molar-refractivity contribution >= 4 is 44.2 Å². The Morgan fingerprint density at radius 1 is 0.825 bits per heavy atom. The van der Waals surface area contributed by atoms with Crippen LogP contribution in [-0.2, 0) is 6.42 Å². The van der Waals surface area contributed by atoms with Gasteiger partial charge in [0, 0.05) is 46.5 Å². The first kappa shape index (κ1) is 23.3. The Balaban J connectivity index is 1.17. The molecule has 4 nitrogen and oxygen atoms in total. The molecule has 4 heteroatoms. The Kier molecular flexibility index (Phi) is 5.24. The van der Waals surface area contributed by atoms with Gasteiger partial charge in [-0.05, 0) is 86.7 Å². The number of para-hydroxylation sites is 2. The maximum atomic E-state index is 4.72. The molecule has 3 aromatic carbocycles. The highest BCUT2D eigenvalue weighted by molar-refractivity contribution is 6.08. The molecule has 0 bridgehead atoms. The van der Waals surface area contributed by atoms with Gasteiger partial charge in [-0.25, -0.2) is 0 Å². The lowest BCUT2D eigenvalue weighted by molar-refractivity contribution is 0.780. The number of aromatic nitrogens is 3. The molecule has 0 spiro atoms. The Bertz CT molecular complexity index is 1960. The van der Waals surface area contributed by atoms with Gasteiger partial charge in [0.15, 0.2) is 0 Å². The zero-order valence-electron chi connectivity index (χ0n) is 23.0. The Hall–Kier alpha value is -4.57. The smallest absolute Gasteiger partial charge is 0.0963 e. The molecule has 1 N–H and O–H groups in total. The van der Waals surface area contributed by atoms with E-state index in [0.717, 1.165) is 30.4 Å². The van der Waals surface area contributed by atoms with Gasteiger partial charge in [-0.2, -0.15) is 0 Å². The molecule has 1 unspecified atom stereocenters. The van der Waals surface area contributed by atoms with E-state index in [9.17, 15) is 0 Å². The van der Waals surface area contributed by atoms with Crippen LogP contribution in [0.4, 0.5) is 5.69 Å². The van der Waals surface area contributed by atoms with Crippen LogP contribution in [0.25, 0.3) is 44.2 Å². The fraction of sp³-hybridized carbons (Fsp3) is 0.194. The lowest BCUT2D eigenvalue weighted by Gasteiger charge is -2.25. The number of pyridine rings is 1. The van der Waals surface area contributed by atoms with E-state index < -0.39 is 0 Å². The molecule has 1 aliphatic heterocycles. The summed E-state index contributed by atoms with van der Waals surface area (Å²) in [4.78, 5) is 4.72. The first-order valence-electron chi connectivity index (χ1n) is 14.4. The number of nitrogens with one attached hydrogen (secondary N) is 1. The molecule has 2 aliphatic rings. The van der Waals surface area contributed by atoms with Crippen LogP contribution in [-0.4, -0.2) is 20.7 Å². The van der Waals surface area contributed by atoms with Crippen LogP contribution in [0.2, 0.25) is 0 Å². The molecule has 0 saturated carbocycles. The Morgan fingerprint density at radius 2 is 1.60 bits per heavy atom. The highest BCUT2D eigenvalue weighted by Gasteiger charge is 2.24. The second-order valence-electron chi connectivity index (χ2n) is 11.3. The molecule has 8 rings (SSSR count). The molecule has 1 aliphatic carbocycles. The Labute approximate surface area is 234 Å². The Morgan fingerprint density at radius 3 is 2.42 bits per heavy atom. The van der Waals surface area contributed by atoms with E-state index in [1.165, 1.54) is 67.7 Å². The summed E-state index contributed by atoms with van der Waals surface area (Å²) in [6.45, 7) is 5.62. The largest absolute Gasteiger partial charge is 0.383 e. The van der Waals surface area contributed by atoms with E-state index in [-0.39, 0.29) is 0 Å². The van der Waals surface area contributed by atoms with E-state index in [0.29, 0.717) is 5.92 Å². The zero-order valence-corrected chi connectivity index (χ0v) is 23.0. The van der Waals surface area contributed by atoms with Crippen LogP contribution in [0, 0.1) is 6.92 Å². The number of nitrogens with zero attached hydrogens (tertiary/aromatic N) is 3. The van der Waals surface area contributed by atoms with Crippen LogP contribution in [0.5, 0.6) is 0 Å². The molecule has 0 saturated heterocycles. The summed E-state index contributed by atoms with van der Waals surface area (Å²) in [5, 5.41) is 6.20. The van der Waals surface area contributed by atoms with Crippen LogP contribution in [0.3, 0.4) is 0 Å². The number of hydrogen-bond donors (Lipinski definition) is 1. The number of anilines is 1. The molecule has 4 heterocycles. The predicted molar refractivity (Wildman–Crippen MR) is 167 cm³/mol. The maximum absolute atomic E-state index is 4.72. The van der Waals surface area contributed by atoms with Crippen molar-refractivity contribution in [3.05, 3.63) is 120 Å². The predicted octanol–water partition coefficient (Wildman–Crippen LogP) is 8.77. The van der Waals surface area contributed by atoms with Crippen LogP contribution in [0.15, 0.2) is 103 Å². The van der Waals surface area contributed by atoms with E-state index in [4.69, 9.17) is 4.98 Å². The van der Waals surface area contributed by atoms with Gasteiger partial charge in [0.25, 0.3) is 0 Å². The van der Waals surface area contributed by atoms with Gasteiger partial charge in [-0.3, -0.25) is 4.98 Å². The van der Waals surface area contributed by atoms with E-state index in [2.05, 4.69) is 113 Å². The van der Waals surface area contributed by atoms with Gasteiger partial charge in [0.2, 0.25) is 0 Å². The summed E-state index contributed by atoms with van der Waals surface area (Å²) in [6, 6.07) is 28.7. The summed E-state index contributed by atoms with van der Waals surface area (Å²) in [5.41, 5.74) is 14.1. The van der Waals surface area contributed by atoms with Crippen molar-refractivity contribution < 1.29 is 0 Å². The summed E-state index contributed by atoms with van der Waals surface area (Å²) in [5.74, 6) is 0.376. The molecule has 6 aromatic rings. The molecule has 3 aromatic heterocycles. The maximum Gasteiger partial charge on any atom is 0.0963 e. The SMILES string of the molecule is CC1=CC(n2c3ccccc3c3ncccc32)=CCC1c1ccc(-n2c3c(c4ccccc42)NCCC3)cc1C. The van der Waals surface area contributed by atoms with E-state index in [1.54, 1.807) is 0 Å². The van der Waals surface area contributed by atoms with Gasteiger partial charge >= 0.3 is 0 Å². The van der Waals surface area contributed by atoms with Crippen molar-refractivity contribution in [2.24, 2.45) is 0 Å². The molecule has 0 radical (unpaired) electrons. The van der Waals surface area contributed by atoms with Crippen LogP contribution >= 0.6 is 0 Å². The second-order valence-corrected chi connectivity index (χ2v) is 11.3. The average Bonchev–Trinajstić information content (AvgIpc) is 3.51. The number of benzene rings is 3. The summed E-state index contributed by atoms with van der Waals surface area (Å²) < 4.78 is 4.85. The van der Waals surface area contributed by atoms with Gasteiger partial charge in [-0.15, -0.1) is 0 Å². The molecular formula is C36H32N4. The lowest BCUT2D eigenvalue weighted by atomic mass is 9.83. The second kappa shape index (κ2) is 8.99. The van der Waals surface area contributed by atoms with E-state index in [1.807, 2.05) is 12.3 Å².